The number of carbonyl (C=O) groups excluding carboxylic acids is 1. The lowest BCUT2D eigenvalue weighted by molar-refractivity contribution is -0.120. The number of fused-ring (bicyclic) bond motifs is 1. The van der Waals surface area contributed by atoms with E-state index in [4.69, 9.17) is 4.74 Å². The highest BCUT2D eigenvalue weighted by atomic mass is 32.2. The molecule has 1 atom stereocenters. The number of nitrogens with zero attached hydrogens (tertiary/aromatic N) is 3. The van der Waals surface area contributed by atoms with Gasteiger partial charge in [-0.3, -0.25) is 9.20 Å². The molecule has 1 N–H and O–H groups in total. The predicted octanol–water partition coefficient (Wildman–Crippen LogP) is 0.972. The number of aromatic nitrogens is 3. The van der Waals surface area contributed by atoms with Crippen LogP contribution >= 0.6 is 11.8 Å². The monoisotopic (exact) mass is 280 g/mol. The van der Waals surface area contributed by atoms with Crippen LogP contribution in [-0.2, 0) is 9.53 Å². The van der Waals surface area contributed by atoms with E-state index in [1.165, 1.54) is 11.8 Å². The molecule has 2 rings (SSSR count). The van der Waals surface area contributed by atoms with E-state index in [0.717, 1.165) is 5.65 Å². The second-order valence-corrected chi connectivity index (χ2v) is 5.26. The summed E-state index contributed by atoms with van der Waals surface area (Å²) < 4.78 is 6.75. The largest absolute Gasteiger partial charge is 0.383 e. The van der Waals surface area contributed by atoms with Crippen molar-refractivity contribution in [2.24, 2.45) is 0 Å². The van der Waals surface area contributed by atoms with Gasteiger partial charge in [-0.1, -0.05) is 17.8 Å². The SMILES string of the molecule is COCCNC(=O)[C@H](C)Sc1nnc2ccccn12. The van der Waals surface area contributed by atoms with E-state index in [9.17, 15) is 4.79 Å². The minimum atomic E-state index is -0.232. The average Bonchev–Trinajstić information content (AvgIpc) is 2.82. The normalized spacial score (nSPS) is 12.5. The van der Waals surface area contributed by atoms with Crippen LogP contribution in [0.4, 0.5) is 0 Å². The third-order valence-electron chi connectivity index (χ3n) is 2.54. The first-order valence-electron chi connectivity index (χ1n) is 5.95. The molecular weight excluding hydrogens is 264 g/mol. The number of carbonyl (C=O) groups is 1. The van der Waals surface area contributed by atoms with Gasteiger partial charge in [0.1, 0.15) is 0 Å². The van der Waals surface area contributed by atoms with Crippen molar-refractivity contribution < 1.29 is 9.53 Å². The Morgan fingerprint density at radius 2 is 2.37 bits per heavy atom. The van der Waals surface area contributed by atoms with Crippen LogP contribution in [0.3, 0.4) is 0 Å². The number of hydrogen-bond donors (Lipinski definition) is 1. The highest BCUT2D eigenvalue weighted by Crippen LogP contribution is 2.21. The number of nitrogens with one attached hydrogen (secondary N) is 1. The minimum Gasteiger partial charge on any atom is -0.383 e. The van der Waals surface area contributed by atoms with Crippen molar-refractivity contribution in [2.75, 3.05) is 20.3 Å². The van der Waals surface area contributed by atoms with Crippen molar-refractivity contribution in [3.05, 3.63) is 24.4 Å². The quantitative estimate of drug-likeness (QED) is 0.631. The number of rotatable bonds is 6. The van der Waals surface area contributed by atoms with Gasteiger partial charge in [0.15, 0.2) is 10.8 Å². The lowest BCUT2D eigenvalue weighted by Crippen LogP contribution is -2.33. The summed E-state index contributed by atoms with van der Waals surface area (Å²) in [5, 5.41) is 11.4. The maximum atomic E-state index is 11.8. The molecule has 2 aromatic heterocycles. The van der Waals surface area contributed by atoms with Crippen molar-refractivity contribution in [2.45, 2.75) is 17.3 Å². The maximum Gasteiger partial charge on any atom is 0.233 e. The molecule has 0 spiro atoms. The van der Waals surface area contributed by atoms with E-state index in [1.807, 2.05) is 35.7 Å². The zero-order valence-corrected chi connectivity index (χ0v) is 11.7. The van der Waals surface area contributed by atoms with E-state index >= 15 is 0 Å². The second-order valence-electron chi connectivity index (χ2n) is 3.96. The molecule has 7 heteroatoms. The lowest BCUT2D eigenvalue weighted by atomic mass is 10.4. The Morgan fingerprint density at radius 3 is 3.16 bits per heavy atom. The molecule has 0 saturated carbocycles. The highest BCUT2D eigenvalue weighted by Gasteiger charge is 2.17. The van der Waals surface area contributed by atoms with Crippen molar-refractivity contribution in [3.63, 3.8) is 0 Å². The first-order chi connectivity index (χ1) is 9.22. The van der Waals surface area contributed by atoms with Gasteiger partial charge in [-0.15, -0.1) is 10.2 Å². The first-order valence-corrected chi connectivity index (χ1v) is 6.83. The fourth-order valence-corrected chi connectivity index (χ4v) is 2.39. The van der Waals surface area contributed by atoms with Gasteiger partial charge in [-0.05, 0) is 19.1 Å². The van der Waals surface area contributed by atoms with Gasteiger partial charge in [-0.2, -0.15) is 0 Å². The molecule has 2 heterocycles. The number of pyridine rings is 1. The van der Waals surface area contributed by atoms with Crippen LogP contribution in [0, 0.1) is 0 Å². The van der Waals surface area contributed by atoms with Crippen LogP contribution in [0.1, 0.15) is 6.92 Å². The first kappa shape index (κ1) is 13.8. The summed E-state index contributed by atoms with van der Waals surface area (Å²) in [5.74, 6) is -0.0327. The topological polar surface area (TPSA) is 68.5 Å². The molecule has 6 nitrogen and oxygen atoms in total. The molecule has 0 bridgehead atoms. The summed E-state index contributed by atoms with van der Waals surface area (Å²) in [6.45, 7) is 2.87. The Balaban J connectivity index is 1.98. The van der Waals surface area contributed by atoms with Crippen LogP contribution in [0.15, 0.2) is 29.6 Å². The van der Waals surface area contributed by atoms with Gasteiger partial charge in [-0.25, -0.2) is 0 Å². The summed E-state index contributed by atoms with van der Waals surface area (Å²) in [5.41, 5.74) is 0.775. The molecule has 0 radical (unpaired) electrons. The fraction of sp³-hybridized carbons (Fsp3) is 0.417. The molecule has 2 aromatic rings. The minimum absolute atomic E-state index is 0.0327. The molecule has 0 aliphatic carbocycles. The summed E-state index contributed by atoms with van der Waals surface area (Å²) in [4.78, 5) is 11.8. The van der Waals surface area contributed by atoms with E-state index in [0.29, 0.717) is 18.3 Å². The summed E-state index contributed by atoms with van der Waals surface area (Å²) in [7, 11) is 1.60. The molecule has 0 aliphatic rings. The van der Waals surface area contributed by atoms with Gasteiger partial charge in [0.05, 0.1) is 11.9 Å². The van der Waals surface area contributed by atoms with Crippen molar-refractivity contribution >= 4 is 23.3 Å². The van der Waals surface area contributed by atoms with Gasteiger partial charge in [0, 0.05) is 19.9 Å². The summed E-state index contributed by atoms with van der Waals surface area (Å²) in [6, 6.07) is 5.68. The van der Waals surface area contributed by atoms with Gasteiger partial charge in [0.25, 0.3) is 0 Å². The van der Waals surface area contributed by atoms with Crippen molar-refractivity contribution in [1.82, 2.24) is 19.9 Å². The van der Waals surface area contributed by atoms with Crippen LogP contribution in [0.25, 0.3) is 5.65 Å². The highest BCUT2D eigenvalue weighted by molar-refractivity contribution is 8.00. The van der Waals surface area contributed by atoms with Crippen LogP contribution < -0.4 is 5.32 Å². The summed E-state index contributed by atoms with van der Waals surface area (Å²) in [6.07, 6.45) is 1.88. The zero-order valence-electron chi connectivity index (χ0n) is 10.9. The predicted molar refractivity (Wildman–Crippen MR) is 73.2 cm³/mol. The van der Waals surface area contributed by atoms with E-state index < -0.39 is 0 Å². The molecular formula is C12H16N4O2S. The van der Waals surface area contributed by atoms with Gasteiger partial charge in [0.2, 0.25) is 5.91 Å². The maximum absolute atomic E-state index is 11.8. The lowest BCUT2D eigenvalue weighted by Gasteiger charge is -2.10. The Hall–Kier alpha value is -1.60. The van der Waals surface area contributed by atoms with Crippen LogP contribution in [0.2, 0.25) is 0 Å². The van der Waals surface area contributed by atoms with Crippen LogP contribution in [0.5, 0.6) is 0 Å². The number of ether oxygens (including phenoxy) is 1. The number of hydrogen-bond acceptors (Lipinski definition) is 5. The molecule has 102 valence electrons. The van der Waals surface area contributed by atoms with Crippen LogP contribution in [-0.4, -0.2) is 46.0 Å². The molecule has 1 amide bonds. The van der Waals surface area contributed by atoms with E-state index in [-0.39, 0.29) is 11.2 Å². The second kappa shape index (κ2) is 6.53. The van der Waals surface area contributed by atoms with E-state index in [1.54, 1.807) is 7.11 Å². The fourth-order valence-electron chi connectivity index (χ4n) is 1.53. The summed E-state index contributed by atoms with van der Waals surface area (Å²) >= 11 is 1.38. The molecule has 0 saturated heterocycles. The molecule has 0 aliphatic heterocycles. The van der Waals surface area contributed by atoms with Gasteiger partial charge < -0.3 is 10.1 Å². The Kier molecular flexibility index (Phi) is 4.75. The third-order valence-corrected chi connectivity index (χ3v) is 3.60. The third kappa shape index (κ3) is 3.45. The number of amides is 1. The Bertz CT molecular complexity index is 557. The molecule has 0 unspecified atom stereocenters. The van der Waals surface area contributed by atoms with Crippen molar-refractivity contribution in [1.29, 1.82) is 0 Å². The molecule has 19 heavy (non-hydrogen) atoms. The Morgan fingerprint density at radius 1 is 1.53 bits per heavy atom. The standard InChI is InChI=1S/C12H16N4O2S/c1-9(11(17)13-6-8-18-2)19-12-15-14-10-5-3-4-7-16(10)12/h3-5,7,9H,6,8H2,1-2H3,(H,13,17)/t9-/m0/s1. The number of thioether (sulfide) groups is 1. The average molecular weight is 280 g/mol. The number of methoxy groups -OCH3 is 1. The van der Waals surface area contributed by atoms with Crippen molar-refractivity contribution in [3.8, 4) is 0 Å². The molecule has 0 aromatic carbocycles. The van der Waals surface area contributed by atoms with Gasteiger partial charge >= 0.3 is 0 Å². The smallest absolute Gasteiger partial charge is 0.233 e. The molecule has 0 fully saturated rings. The van der Waals surface area contributed by atoms with E-state index in [2.05, 4.69) is 15.5 Å². The zero-order chi connectivity index (χ0) is 13.7. The Labute approximate surface area is 115 Å².